The third kappa shape index (κ3) is 1.34. The van der Waals surface area contributed by atoms with E-state index in [-0.39, 0.29) is 23.8 Å². The van der Waals surface area contributed by atoms with Crippen LogP contribution >= 0.6 is 0 Å². The topological polar surface area (TPSA) is 89.9 Å². The molecule has 0 amide bonds. The van der Waals surface area contributed by atoms with Crippen molar-refractivity contribution >= 4 is 17.9 Å². The minimum Gasteiger partial charge on any atom is -0.480 e. The van der Waals surface area contributed by atoms with Gasteiger partial charge in [0.05, 0.1) is 0 Å². The molecule has 3 aliphatic rings. The Morgan fingerprint density at radius 1 is 1.53 bits per heavy atom. The highest BCUT2D eigenvalue weighted by molar-refractivity contribution is 6.02. The van der Waals surface area contributed by atoms with Crippen LogP contribution in [-0.4, -0.2) is 35.2 Å². The molecule has 5 atom stereocenters. The fraction of sp³-hybridized carbons (Fsp3) is 0.615. The number of carboxylic acids is 1. The van der Waals surface area contributed by atoms with Gasteiger partial charge in [-0.25, -0.2) is 4.79 Å². The first-order valence-electron chi connectivity index (χ1n) is 6.19. The molecule has 5 unspecified atom stereocenters. The normalized spacial score (nSPS) is 42.1. The summed E-state index contributed by atoms with van der Waals surface area (Å²) in [5, 5.41) is 9.32. The standard InChI is InChI=1S/C13H14O6/c1-5(2)10(14)18-8-6-3-7-9(8)19-12(17)13(7,4-6)11(15)16/h6-9H,1,3-4H2,2H3,(H,15,16). The molecule has 2 aliphatic carbocycles. The number of hydrogen-bond donors (Lipinski definition) is 1. The van der Waals surface area contributed by atoms with E-state index < -0.39 is 35.5 Å². The number of esters is 2. The van der Waals surface area contributed by atoms with Gasteiger partial charge in [0.15, 0.2) is 5.41 Å². The lowest BCUT2D eigenvalue weighted by Gasteiger charge is -2.29. The first kappa shape index (κ1) is 12.2. The average molecular weight is 266 g/mol. The summed E-state index contributed by atoms with van der Waals surface area (Å²) in [5.41, 5.74) is -1.14. The zero-order chi connectivity index (χ0) is 13.9. The first-order valence-corrected chi connectivity index (χ1v) is 6.19. The Morgan fingerprint density at radius 3 is 2.79 bits per heavy atom. The highest BCUT2D eigenvalue weighted by Crippen LogP contribution is 2.62. The summed E-state index contributed by atoms with van der Waals surface area (Å²) < 4.78 is 10.5. The molecule has 1 aliphatic heterocycles. The van der Waals surface area contributed by atoms with E-state index >= 15 is 0 Å². The third-order valence-corrected chi connectivity index (χ3v) is 4.54. The van der Waals surface area contributed by atoms with Gasteiger partial charge in [-0.05, 0) is 19.8 Å². The molecular formula is C13H14O6. The third-order valence-electron chi connectivity index (χ3n) is 4.54. The van der Waals surface area contributed by atoms with Gasteiger partial charge < -0.3 is 14.6 Å². The van der Waals surface area contributed by atoms with Crippen molar-refractivity contribution in [2.75, 3.05) is 0 Å². The molecule has 0 aromatic rings. The monoisotopic (exact) mass is 266 g/mol. The number of aliphatic carboxylic acids is 1. The van der Waals surface area contributed by atoms with E-state index in [0.29, 0.717) is 6.42 Å². The van der Waals surface area contributed by atoms with Gasteiger partial charge in [-0.1, -0.05) is 6.58 Å². The van der Waals surface area contributed by atoms with E-state index in [1.807, 2.05) is 0 Å². The van der Waals surface area contributed by atoms with Gasteiger partial charge in [-0.2, -0.15) is 0 Å². The van der Waals surface area contributed by atoms with Gasteiger partial charge in [0.1, 0.15) is 12.2 Å². The molecule has 102 valence electrons. The number of ether oxygens (including phenoxy) is 2. The van der Waals surface area contributed by atoms with Crippen molar-refractivity contribution in [1.82, 2.24) is 0 Å². The summed E-state index contributed by atoms with van der Waals surface area (Å²) >= 11 is 0. The van der Waals surface area contributed by atoms with Crippen molar-refractivity contribution < 1.29 is 29.0 Å². The molecule has 0 spiro atoms. The Kier molecular flexibility index (Phi) is 2.30. The number of carbonyl (C=O) groups is 3. The maximum absolute atomic E-state index is 11.9. The van der Waals surface area contributed by atoms with Gasteiger partial charge in [0.2, 0.25) is 0 Å². The molecule has 0 radical (unpaired) electrons. The summed E-state index contributed by atoms with van der Waals surface area (Å²) in [4.78, 5) is 34.8. The lowest BCUT2D eigenvalue weighted by atomic mass is 9.73. The molecule has 19 heavy (non-hydrogen) atoms. The Morgan fingerprint density at radius 2 is 2.21 bits per heavy atom. The van der Waals surface area contributed by atoms with Crippen LogP contribution in [0.3, 0.4) is 0 Å². The molecule has 1 N–H and O–H groups in total. The van der Waals surface area contributed by atoms with Gasteiger partial charge in [0.25, 0.3) is 0 Å². The van der Waals surface area contributed by atoms with E-state index in [4.69, 9.17) is 9.47 Å². The Bertz CT molecular complexity index is 509. The molecule has 2 bridgehead atoms. The Hall–Kier alpha value is -1.85. The molecule has 3 rings (SSSR count). The molecule has 3 fully saturated rings. The summed E-state index contributed by atoms with van der Waals surface area (Å²) in [6, 6.07) is 0. The van der Waals surface area contributed by atoms with Crippen molar-refractivity contribution in [3.8, 4) is 0 Å². The van der Waals surface area contributed by atoms with Crippen molar-refractivity contribution in [2.45, 2.75) is 32.0 Å². The molecule has 6 nitrogen and oxygen atoms in total. The largest absolute Gasteiger partial charge is 0.480 e. The van der Waals surface area contributed by atoms with Crippen molar-refractivity contribution in [3.63, 3.8) is 0 Å². The number of fused-ring (bicyclic) bond motifs is 1. The second kappa shape index (κ2) is 3.59. The molecule has 2 saturated carbocycles. The van der Waals surface area contributed by atoms with Crippen molar-refractivity contribution in [2.24, 2.45) is 17.3 Å². The van der Waals surface area contributed by atoms with Crippen LogP contribution in [0.5, 0.6) is 0 Å². The highest BCUT2D eigenvalue weighted by Gasteiger charge is 2.75. The SMILES string of the molecule is C=C(C)C(=O)OC1C2CC3C1OC(=O)C3(C(=O)O)C2. The Balaban J connectivity index is 1.87. The van der Waals surface area contributed by atoms with Gasteiger partial charge in [-0.15, -0.1) is 0 Å². The lowest BCUT2D eigenvalue weighted by Crippen LogP contribution is -2.44. The molecule has 1 saturated heterocycles. The van der Waals surface area contributed by atoms with E-state index in [2.05, 4.69) is 6.58 Å². The van der Waals surface area contributed by atoms with E-state index in [1.54, 1.807) is 0 Å². The summed E-state index contributed by atoms with van der Waals surface area (Å²) in [5.74, 6) is -2.85. The number of carboxylic acid groups (broad SMARTS) is 1. The van der Waals surface area contributed by atoms with Crippen LogP contribution in [0.1, 0.15) is 19.8 Å². The van der Waals surface area contributed by atoms with E-state index in [9.17, 15) is 19.5 Å². The predicted octanol–water partition coefficient (Wildman–Crippen LogP) is 0.510. The number of rotatable bonds is 3. The van der Waals surface area contributed by atoms with Crippen LogP contribution in [0.4, 0.5) is 0 Å². The Labute approximate surface area is 109 Å². The number of carbonyl (C=O) groups excluding carboxylic acids is 2. The summed E-state index contributed by atoms with van der Waals surface area (Å²) in [6.45, 7) is 5.04. The van der Waals surface area contributed by atoms with Crippen LogP contribution < -0.4 is 0 Å². The second-order valence-corrected chi connectivity index (χ2v) is 5.60. The maximum Gasteiger partial charge on any atom is 0.333 e. The van der Waals surface area contributed by atoms with Gasteiger partial charge >= 0.3 is 17.9 Å². The quantitative estimate of drug-likeness (QED) is 0.455. The summed E-state index contributed by atoms with van der Waals surface area (Å²) in [6.07, 6.45) is -0.411. The molecule has 1 heterocycles. The molecule has 0 aromatic carbocycles. The second-order valence-electron chi connectivity index (χ2n) is 5.60. The minimum absolute atomic E-state index is 0.124. The molecule has 0 aromatic heterocycles. The van der Waals surface area contributed by atoms with Crippen LogP contribution in [0, 0.1) is 17.3 Å². The molecule has 6 heteroatoms. The predicted molar refractivity (Wildman–Crippen MR) is 60.9 cm³/mol. The van der Waals surface area contributed by atoms with E-state index in [1.165, 1.54) is 6.92 Å². The van der Waals surface area contributed by atoms with Crippen LogP contribution in [0.2, 0.25) is 0 Å². The van der Waals surface area contributed by atoms with Crippen LogP contribution in [0.25, 0.3) is 0 Å². The van der Waals surface area contributed by atoms with Gasteiger partial charge in [0, 0.05) is 17.4 Å². The first-order chi connectivity index (χ1) is 8.87. The zero-order valence-electron chi connectivity index (χ0n) is 10.4. The smallest absolute Gasteiger partial charge is 0.333 e. The summed E-state index contributed by atoms with van der Waals surface area (Å²) in [7, 11) is 0. The van der Waals surface area contributed by atoms with Crippen molar-refractivity contribution in [3.05, 3.63) is 12.2 Å². The minimum atomic E-state index is -1.42. The van der Waals surface area contributed by atoms with Crippen LogP contribution in [0.15, 0.2) is 12.2 Å². The maximum atomic E-state index is 11.9. The van der Waals surface area contributed by atoms with Gasteiger partial charge in [-0.3, -0.25) is 9.59 Å². The highest BCUT2D eigenvalue weighted by atomic mass is 16.6. The van der Waals surface area contributed by atoms with E-state index in [0.717, 1.165) is 0 Å². The fourth-order valence-corrected chi connectivity index (χ4v) is 3.67. The average Bonchev–Trinajstić information content (AvgIpc) is 2.90. The van der Waals surface area contributed by atoms with Crippen LogP contribution in [-0.2, 0) is 23.9 Å². The fourth-order valence-electron chi connectivity index (χ4n) is 3.67. The van der Waals surface area contributed by atoms with Crippen molar-refractivity contribution in [1.29, 1.82) is 0 Å². The number of hydrogen-bond acceptors (Lipinski definition) is 5. The zero-order valence-corrected chi connectivity index (χ0v) is 10.4. The molecular weight excluding hydrogens is 252 g/mol. The lowest BCUT2D eigenvalue weighted by molar-refractivity contribution is -0.162.